The molecule has 1 rings (SSSR count). The van der Waals surface area contributed by atoms with Gasteiger partial charge in [-0.1, -0.05) is 13.5 Å². The third-order valence-electron chi connectivity index (χ3n) is 2.66. The summed E-state index contributed by atoms with van der Waals surface area (Å²) < 4.78 is 45.8. The fraction of sp³-hybridized carbons (Fsp3) is 0.700. The highest BCUT2D eigenvalue weighted by molar-refractivity contribution is 5.89. The maximum Gasteiger partial charge on any atom is 0.422 e. The van der Waals surface area contributed by atoms with Crippen molar-refractivity contribution in [3.8, 4) is 0 Å². The minimum absolute atomic E-state index is 0.0581. The first-order valence-corrected chi connectivity index (χ1v) is 4.82. The summed E-state index contributed by atoms with van der Waals surface area (Å²) in [5.41, 5.74) is -1.79. The molecular formula is C10H13F3O3. The molecule has 1 aliphatic rings. The summed E-state index contributed by atoms with van der Waals surface area (Å²) in [6.45, 7) is 5.30. The molecule has 1 fully saturated rings. The molecule has 3 nitrogen and oxygen atoms in total. The van der Waals surface area contributed by atoms with E-state index in [1.807, 2.05) is 6.92 Å². The maximum absolute atomic E-state index is 12.1. The highest BCUT2D eigenvalue weighted by atomic mass is 19.4. The molecule has 0 aromatic rings. The second-order valence-electron chi connectivity index (χ2n) is 3.90. The van der Waals surface area contributed by atoms with Crippen molar-refractivity contribution in [2.75, 3.05) is 19.8 Å². The van der Waals surface area contributed by atoms with E-state index in [4.69, 9.17) is 4.74 Å². The van der Waals surface area contributed by atoms with Crippen LogP contribution in [0.25, 0.3) is 0 Å². The number of esters is 1. The summed E-state index contributed by atoms with van der Waals surface area (Å²) in [6.07, 6.45) is -4.04. The summed E-state index contributed by atoms with van der Waals surface area (Å²) in [4.78, 5) is 11.0. The average molecular weight is 238 g/mol. The third kappa shape index (κ3) is 2.75. The number of carbonyl (C=O) groups excluding carboxylic acids is 1. The summed E-state index contributed by atoms with van der Waals surface area (Å²) in [5.74, 6) is -1.41. The van der Waals surface area contributed by atoms with E-state index in [1.54, 1.807) is 0 Å². The van der Waals surface area contributed by atoms with Crippen molar-refractivity contribution in [2.24, 2.45) is 5.41 Å². The first-order chi connectivity index (χ1) is 7.31. The van der Waals surface area contributed by atoms with Gasteiger partial charge in [-0.3, -0.25) is 0 Å². The molecule has 0 atom stereocenters. The fourth-order valence-corrected chi connectivity index (χ4v) is 1.20. The van der Waals surface area contributed by atoms with Crippen LogP contribution >= 0.6 is 0 Å². The second kappa shape index (κ2) is 4.45. The lowest BCUT2D eigenvalue weighted by Gasteiger charge is -2.39. The minimum Gasteiger partial charge on any atom is -0.461 e. The predicted octanol–water partition coefficient (Wildman–Crippen LogP) is 2.07. The zero-order valence-electron chi connectivity index (χ0n) is 8.89. The van der Waals surface area contributed by atoms with Crippen LogP contribution in [0, 0.1) is 5.41 Å². The van der Waals surface area contributed by atoms with Gasteiger partial charge in [0, 0.05) is 0 Å². The molecule has 0 radical (unpaired) electrons. The second-order valence-corrected chi connectivity index (χ2v) is 3.90. The monoisotopic (exact) mass is 238 g/mol. The van der Waals surface area contributed by atoms with Gasteiger partial charge in [0.1, 0.15) is 12.2 Å². The molecule has 0 unspecified atom stereocenters. The average Bonchev–Trinajstić information content (AvgIpc) is 2.14. The Bertz CT molecular complexity index is 287. The summed E-state index contributed by atoms with van der Waals surface area (Å²) >= 11 is 0. The molecule has 1 saturated heterocycles. The van der Waals surface area contributed by atoms with Crippen molar-refractivity contribution < 1.29 is 27.4 Å². The van der Waals surface area contributed by atoms with Crippen LogP contribution in [-0.4, -0.2) is 32.0 Å². The van der Waals surface area contributed by atoms with Gasteiger partial charge in [-0.25, -0.2) is 4.79 Å². The van der Waals surface area contributed by atoms with Crippen molar-refractivity contribution in [1.29, 1.82) is 0 Å². The molecule has 0 aliphatic carbocycles. The topological polar surface area (TPSA) is 35.5 Å². The molecule has 1 aliphatic heterocycles. The van der Waals surface area contributed by atoms with E-state index in [0.717, 1.165) is 0 Å². The molecule has 16 heavy (non-hydrogen) atoms. The number of alkyl halides is 3. The number of hydrogen-bond donors (Lipinski definition) is 0. The van der Waals surface area contributed by atoms with E-state index in [-0.39, 0.29) is 12.0 Å². The molecule has 0 amide bonds. The third-order valence-corrected chi connectivity index (χ3v) is 2.66. The molecule has 0 spiro atoms. The fourth-order valence-electron chi connectivity index (χ4n) is 1.20. The van der Waals surface area contributed by atoms with E-state index in [1.165, 1.54) is 0 Å². The smallest absolute Gasteiger partial charge is 0.422 e. The van der Waals surface area contributed by atoms with Crippen LogP contribution in [0.15, 0.2) is 12.2 Å². The van der Waals surface area contributed by atoms with Crippen molar-refractivity contribution in [1.82, 2.24) is 0 Å². The van der Waals surface area contributed by atoms with Gasteiger partial charge in [0.25, 0.3) is 0 Å². The highest BCUT2D eigenvalue weighted by Crippen LogP contribution is 2.32. The van der Waals surface area contributed by atoms with Gasteiger partial charge in [-0.15, -0.1) is 0 Å². The lowest BCUT2D eigenvalue weighted by molar-refractivity contribution is -0.173. The Morgan fingerprint density at radius 2 is 2.06 bits per heavy atom. The van der Waals surface area contributed by atoms with Gasteiger partial charge in [0.05, 0.1) is 18.6 Å². The lowest BCUT2D eigenvalue weighted by Crippen LogP contribution is -2.46. The van der Waals surface area contributed by atoms with Crippen LogP contribution in [-0.2, 0) is 14.3 Å². The van der Waals surface area contributed by atoms with Crippen LogP contribution in [0.5, 0.6) is 0 Å². The first kappa shape index (κ1) is 13.0. The van der Waals surface area contributed by atoms with E-state index in [9.17, 15) is 18.0 Å². The lowest BCUT2D eigenvalue weighted by atomic mass is 9.84. The van der Waals surface area contributed by atoms with Gasteiger partial charge in [0.2, 0.25) is 0 Å². The Labute approximate surface area is 91.2 Å². The van der Waals surface area contributed by atoms with E-state index in [2.05, 4.69) is 11.3 Å². The van der Waals surface area contributed by atoms with Crippen molar-refractivity contribution in [3.05, 3.63) is 12.2 Å². The molecule has 92 valence electrons. The number of rotatable bonds is 4. The van der Waals surface area contributed by atoms with Gasteiger partial charge in [-0.05, 0) is 6.42 Å². The molecule has 0 bridgehead atoms. The summed E-state index contributed by atoms with van der Waals surface area (Å²) in [5, 5.41) is 0. The first-order valence-electron chi connectivity index (χ1n) is 4.82. The van der Waals surface area contributed by atoms with Gasteiger partial charge < -0.3 is 9.47 Å². The zero-order chi connectivity index (χ0) is 12.4. The summed E-state index contributed by atoms with van der Waals surface area (Å²) in [7, 11) is 0. The standard InChI is InChI=1S/C10H13F3O3/c1-3-9(4-15-5-9)6-16-8(14)7(2)10(11,12)13/h2-6H2,1H3. The molecule has 1 heterocycles. The van der Waals surface area contributed by atoms with Crippen LogP contribution in [0.1, 0.15) is 13.3 Å². The largest absolute Gasteiger partial charge is 0.461 e. The SMILES string of the molecule is C=C(C(=O)OCC1(CC)COC1)C(F)(F)F. The van der Waals surface area contributed by atoms with Crippen LogP contribution in [0.2, 0.25) is 0 Å². The summed E-state index contributed by atoms with van der Waals surface area (Å²) in [6, 6.07) is 0. The quantitative estimate of drug-likeness (QED) is 0.555. The van der Waals surface area contributed by atoms with E-state index >= 15 is 0 Å². The van der Waals surface area contributed by atoms with Crippen molar-refractivity contribution in [3.63, 3.8) is 0 Å². The highest BCUT2D eigenvalue weighted by Gasteiger charge is 2.41. The number of hydrogen-bond acceptors (Lipinski definition) is 3. The van der Waals surface area contributed by atoms with Gasteiger partial charge in [-0.2, -0.15) is 13.2 Å². The van der Waals surface area contributed by atoms with Crippen molar-refractivity contribution in [2.45, 2.75) is 19.5 Å². The Kier molecular flexibility index (Phi) is 3.62. The van der Waals surface area contributed by atoms with Gasteiger partial charge in [0.15, 0.2) is 0 Å². The van der Waals surface area contributed by atoms with Crippen LogP contribution in [0.4, 0.5) is 13.2 Å². The van der Waals surface area contributed by atoms with E-state index < -0.39 is 17.7 Å². The molecule has 6 heteroatoms. The van der Waals surface area contributed by atoms with Gasteiger partial charge >= 0.3 is 12.1 Å². The Hall–Kier alpha value is -1.04. The van der Waals surface area contributed by atoms with E-state index in [0.29, 0.717) is 19.6 Å². The Morgan fingerprint density at radius 3 is 2.38 bits per heavy atom. The normalized spacial score (nSPS) is 18.8. The number of halogens is 3. The van der Waals surface area contributed by atoms with Crippen LogP contribution in [0.3, 0.4) is 0 Å². The molecule has 0 saturated carbocycles. The molecule has 0 aromatic heterocycles. The Morgan fingerprint density at radius 1 is 1.50 bits per heavy atom. The van der Waals surface area contributed by atoms with Crippen molar-refractivity contribution >= 4 is 5.97 Å². The predicted molar refractivity (Wildman–Crippen MR) is 49.7 cm³/mol. The maximum atomic E-state index is 12.1. The molecule has 0 aromatic carbocycles. The van der Waals surface area contributed by atoms with Crippen LogP contribution < -0.4 is 0 Å². The number of ether oxygens (including phenoxy) is 2. The molecular weight excluding hydrogens is 225 g/mol. The number of carbonyl (C=O) groups is 1. The Balaban J connectivity index is 2.44. The minimum atomic E-state index is -4.73. The molecule has 0 N–H and O–H groups in total. The zero-order valence-corrected chi connectivity index (χ0v) is 8.89.